The summed E-state index contributed by atoms with van der Waals surface area (Å²) in [6.45, 7) is 0.502. The first-order chi connectivity index (χ1) is 6.01. The molecule has 1 rings (SSSR count). The van der Waals surface area contributed by atoms with Gasteiger partial charge >= 0.3 is 7.60 Å². The average molecular weight is 248 g/mol. The quantitative estimate of drug-likeness (QED) is 0.565. The molecule has 0 aromatic heterocycles. The van der Waals surface area contributed by atoms with Crippen molar-refractivity contribution in [3.8, 4) is 0 Å². The van der Waals surface area contributed by atoms with Crippen LogP contribution >= 0.6 is 28.0 Å². The van der Waals surface area contributed by atoms with Gasteiger partial charge in [0, 0.05) is 21.6 Å². The van der Waals surface area contributed by atoms with Gasteiger partial charge in [-0.05, 0) is 0 Å². The Kier molecular flexibility index (Phi) is 4.59. The molecule has 0 aromatic carbocycles. The maximum Gasteiger partial charge on any atom is 0.339 e. The van der Waals surface area contributed by atoms with Gasteiger partial charge in [-0.2, -0.15) is 0 Å². The van der Waals surface area contributed by atoms with Crippen LogP contribution < -0.4 is 0 Å². The van der Waals surface area contributed by atoms with Crippen molar-refractivity contribution in [2.45, 2.75) is 6.10 Å². The second-order valence-corrected chi connectivity index (χ2v) is 5.62. The molecule has 1 aliphatic rings. The average Bonchev–Trinajstić information content (AvgIpc) is 2.01. The first-order valence-corrected chi connectivity index (χ1v) is 7.17. The predicted molar refractivity (Wildman–Crippen MR) is 52.4 cm³/mol. The molecule has 1 heterocycles. The Hall–Kier alpha value is 0.790. The van der Waals surface area contributed by atoms with Gasteiger partial charge in [0.2, 0.25) is 0 Å². The van der Waals surface area contributed by atoms with E-state index in [1.165, 1.54) is 0 Å². The van der Waals surface area contributed by atoms with E-state index < -0.39 is 7.60 Å². The Bertz CT molecular complexity index is 211. The van der Waals surface area contributed by atoms with E-state index in [1.54, 1.807) is 4.90 Å². The van der Waals surface area contributed by atoms with Crippen molar-refractivity contribution in [1.29, 1.82) is 0 Å². The van der Waals surface area contributed by atoms with Gasteiger partial charge < -0.3 is 14.3 Å². The fourth-order valence-corrected chi connectivity index (χ4v) is 3.17. The number of nitrogens with zero attached hydrogens (tertiary/aromatic N) is 1. The highest BCUT2D eigenvalue weighted by Gasteiger charge is 2.25. The molecule has 1 fully saturated rings. The summed E-state index contributed by atoms with van der Waals surface area (Å²) >= 11 is 5.58. The van der Waals surface area contributed by atoms with Crippen molar-refractivity contribution < 1.29 is 18.9 Å². The molecular weight excluding hydrogens is 235 g/mol. The molecule has 2 unspecified atom stereocenters. The summed E-state index contributed by atoms with van der Waals surface area (Å²) in [5, 5.41) is 0. The summed E-state index contributed by atoms with van der Waals surface area (Å²) in [6, 6.07) is 0. The van der Waals surface area contributed by atoms with E-state index in [0.717, 1.165) is 0 Å². The van der Waals surface area contributed by atoms with Crippen LogP contribution in [0.5, 0.6) is 0 Å². The standard InChI is InChI=1S/C5H12ClNO4P2/c6-1-5-2-7(3-12-11-5)4-13(8,9)10/h5,12H,1-4H2,(H2,8,9,10). The van der Waals surface area contributed by atoms with Crippen molar-refractivity contribution >= 4 is 28.0 Å². The van der Waals surface area contributed by atoms with E-state index >= 15 is 0 Å². The van der Waals surface area contributed by atoms with Crippen molar-refractivity contribution in [2.75, 3.05) is 25.0 Å². The zero-order valence-electron chi connectivity index (χ0n) is 6.89. The first kappa shape index (κ1) is 11.9. The molecular formula is C5H12ClNO4P2. The number of rotatable bonds is 3. The molecule has 13 heavy (non-hydrogen) atoms. The van der Waals surface area contributed by atoms with Gasteiger partial charge in [-0.25, -0.2) is 0 Å². The number of alkyl halides is 1. The molecule has 2 N–H and O–H groups in total. The second-order valence-electron chi connectivity index (χ2n) is 2.86. The van der Waals surface area contributed by atoms with Crippen LogP contribution in [0, 0.1) is 0 Å². The Morgan fingerprint density at radius 3 is 2.92 bits per heavy atom. The van der Waals surface area contributed by atoms with E-state index in [0.29, 0.717) is 18.7 Å². The van der Waals surface area contributed by atoms with Crippen LogP contribution in [0.1, 0.15) is 0 Å². The zero-order valence-corrected chi connectivity index (χ0v) is 9.54. The van der Waals surface area contributed by atoms with Gasteiger partial charge in [0.1, 0.15) is 6.29 Å². The predicted octanol–water partition coefficient (Wildman–Crippen LogP) is 0.612. The van der Waals surface area contributed by atoms with Crippen molar-refractivity contribution in [1.82, 2.24) is 4.90 Å². The molecule has 0 aromatic rings. The summed E-state index contributed by atoms with van der Waals surface area (Å²) in [6.07, 6.45) is 0.287. The van der Waals surface area contributed by atoms with Crippen molar-refractivity contribution in [3.05, 3.63) is 0 Å². The molecule has 5 nitrogen and oxygen atoms in total. The third-order valence-corrected chi connectivity index (χ3v) is 3.75. The maximum absolute atomic E-state index is 10.7. The molecule has 2 atom stereocenters. The minimum absolute atomic E-state index is 0.0969. The van der Waals surface area contributed by atoms with Gasteiger partial charge in [-0.15, -0.1) is 11.6 Å². The van der Waals surface area contributed by atoms with E-state index in [4.69, 9.17) is 25.9 Å². The van der Waals surface area contributed by atoms with Crippen LogP contribution in [-0.2, 0) is 9.09 Å². The van der Waals surface area contributed by atoms with Gasteiger partial charge in [0.15, 0.2) is 0 Å². The summed E-state index contributed by atoms with van der Waals surface area (Å²) in [5.41, 5.74) is 0. The summed E-state index contributed by atoms with van der Waals surface area (Å²) in [4.78, 5) is 19.1. The Balaban J connectivity index is 2.38. The molecule has 0 aliphatic carbocycles. The molecule has 0 spiro atoms. The molecule has 0 amide bonds. The second kappa shape index (κ2) is 5.04. The molecule has 8 heteroatoms. The number of halogens is 1. The van der Waals surface area contributed by atoms with Gasteiger partial charge in [-0.1, -0.05) is 0 Å². The minimum Gasteiger partial charge on any atom is -0.355 e. The van der Waals surface area contributed by atoms with E-state index in [2.05, 4.69) is 0 Å². The van der Waals surface area contributed by atoms with Crippen LogP contribution in [-0.4, -0.2) is 45.8 Å². The monoisotopic (exact) mass is 247 g/mol. The van der Waals surface area contributed by atoms with E-state index in [1.807, 2.05) is 0 Å². The summed E-state index contributed by atoms with van der Waals surface area (Å²) in [5.74, 6) is 0.366. The van der Waals surface area contributed by atoms with Gasteiger partial charge in [-0.3, -0.25) is 9.46 Å². The SMILES string of the molecule is O=P(O)(O)CN1CPOC(CCl)C1. The fraction of sp³-hybridized carbons (Fsp3) is 1.00. The van der Waals surface area contributed by atoms with Crippen molar-refractivity contribution in [2.24, 2.45) is 0 Å². The smallest absolute Gasteiger partial charge is 0.339 e. The third kappa shape index (κ3) is 4.71. The van der Waals surface area contributed by atoms with E-state index in [9.17, 15) is 4.57 Å². The Morgan fingerprint density at radius 2 is 2.38 bits per heavy atom. The highest BCUT2D eigenvalue weighted by molar-refractivity contribution is 7.51. The Morgan fingerprint density at radius 1 is 1.69 bits per heavy atom. The normalized spacial score (nSPS) is 28.1. The summed E-state index contributed by atoms with van der Waals surface area (Å²) in [7, 11) is -3.69. The Labute approximate surface area is 83.4 Å². The highest BCUT2D eigenvalue weighted by Crippen LogP contribution is 2.37. The maximum atomic E-state index is 10.7. The molecule has 78 valence electrons. The lowest BCUT2D eigenvalue weighted by atomic mass is 10.4. The van der Waals surface area contributed by atoms with Crippen LogP contribution in [0.15, 0.2) is 0 Å². The van der Waals surface area contributed by atoms with E-state index in [-0.39, 0.29) is 21.2 Å². The largest absolute Gasteiger partial charge is 0.355 e. The molecule has 1 aliphatic heterocycles. The van der Waals surface area contributed by atoms with Crippen molar-refractivity contribution in [3.63, 3.8) is 0 Å². The first-order valence-electron chi connectivity index (χ1n) is 3.72. The third-order valence-electron chi connectivity index (χ3n) is 1.56. The number of hydrogen-bond acceptors (Lipinski definition) is 3. The van der Waals surface area contributed by atoms with Crippen LogP contribution in [0.2, 0.25) is 0 Å². The molecule has 1 saturated heterocycles. The molecule has 0 radical (unpaired) electrons. The highest BCUT2D eigenvalue weighted by atomic mass is 35.5. The summed E-state index contributed by atoms with van der Waals surface area (Å²) < 4.78 is 15.9. The van der Waals surface area contributed by atoms with Crippen LogP contribution in [0.3, 0.4) is 0 Å². The zero-order chi connectivity index (χ0) is 9.90. The lowest BCUT2D eigenvalue weighted by molar-refractivity contribution is 0.156. The lowest BCUT2D eigenvalue weighted by Gasteiger charge is -2.31. The van der Waals surface area contributed by atoms with Gasteiger partial charge in [0.05, 0.1) is 12.0 Å². The van der Waals surface area contributed by atoms with Crippen LogP contribution in [0.4, 0.5) is 0 Å². The van der Waals surface area contributed by atoms with Gasteiger partial charge in [0.25, 0.3) is 0 Å². The topological polar surface area (TPSA) is 70.0 Å². The lowest BCUT2D eigenvalue weighted by Crippen LogP contribution is -2.37. The molecule has 0 bridgehead atoms. The minimum atomic E-state index is -3.94. The van der Waals surface area contributed by atoms with Crippen LogP contribution in [0.25, 0.3) is 0 Å². The molecule has 0 saturated carbocycles. The fourth-order valence-electron chi connectivity index (χ4n) is 1.08. The number of hydrogen-bond donors (Lipinski definition) is 2.